The van der Waals surface area contributed by atoms with Crippen molar-refractivity contribution in [2.75, 3.05) is 6.54 Å². The van der Waals surface area contributed by atoms with Crippen LogP contribution < -0.4 is 4.72 Å². The fourth-order valence-corrected chi connectivity index (χ4v) is 6.22. The summed E-state index contributed by atoms with van der Waals surface area (Å²) in [5.41, 5.74) is 2.78. The van der Waals surface area contributed by atoms with Crippen molar-refractivity contribution in [2.24, 2.45) is 5.41 Å². The first-order valence-electron chi connectivity index (χ1n) is 9.12. The maximum Gasteiger partial charge on any atom is 0.307 e. The predicted octanol–water partition coefficient (Wildman–Crippen LogP) is 3.77. The molecule has 0 atom stereocenters. The number of aryl methyl sites for hydroxylation is 1. The molecule has 1 aromatic heterocycles. The molecule has 0 spiro atoms. The van der Waals surface area contributed by atoms with Crippen LogP contribution in [0.3, 0.4) is 0 Å². The predicted molar refractivity (Wildman–Crippen MR) is 107 cm³/mol. The van der Waals surface area contributed by atoms with Crippen LogP contribution in [0.25, 0.3) is 0 Å². The lowest BCUT2D eigenvalue weighted by atomic mass is 9.80. The third-order valence-corrected chi connectivity index (χ3v) is 8.19. The van der Waals surface area contributed by atoms with Crippen LogP contribution in [0.15, 0.2) is 39.9 Å². The molecule has 0 bridgehead atoms. The molecule has 0 radical (unpaired) electrons. The Morgan fingerprint density at radius 1 is 1.19 bits per heavy atom. The van der Waals surface area contributed by atoms with Crippen LogP contribution in [-0.4, -0.2) is 26.0 Å². The molecular weight excluding hydrogens is 382 g/mol. The van der Waals surface area contributed by atoms with Crippen LogP contribution >= 0.6 is 11.3 Å². The largest absolute Gasteiger partial charge is 0.481 e. The molecule has 1 aromatic carbocycles. The van der Waals surface area contributed by atoms with Gasteiger partial charge in [-0.15, -0.1) is 11.3 Å². The number of hydrogen-bond donors (Lipinski definition) is 2. The fourth-order valence-electron chi connectivity index (χ4n) is 3.79. The highest BCUT2D eigenvalue weighted by molar-refractivity contribution is 7.91. The molecule has 0 amide bonds. The molecule has 7 heteroatoms. The fraction of sp³-hybridized carbons (Fsp3) is 0.450. The van der Waals surface area contributed by atoms with E-state index in [-0.39, 0.29) is 11.8 Å². The molecule has 1 saturated carbocycles. The van der Waals surface area contributed by atoms with Crippen molar-refractivity contribution in [3.05, 3.63) is 52.4 Å². The van der Waals surface area contributed by atoms with Gasteiger partial charge in [-0.2, -0.15) is 0 Å². The lowest BCUT2D eigenvalue weighted by molar-refractivity contribution is -0.136. The van der Waals surface area contributed by atoms with Crippen LogP contribution in [0.5, 0.6) is 0 Å². The van der Waals surface area contributed by atoms with E-state index in [0.717, 1.165) is 48.8 Å². The topological polar surface area (TPSA) is 83.5 Å². The van der Waals surface area contributed by atoms with Crippen molar-refractivity contribution in [3.8, 4) is 0 Å². The van der Waals surface area contributed by atoms with Gasteiger partial charge < -0.3 is 5.11 Å². The summed E-state index contributed by atoms with van der Waals surface area (Å²) in [5, 5.41) is 10.7. The normalized spacial score (nSPS) is 16.5. The Hall–Kier alpha value is -1.70. The molecule has 0 aliphatic heterocycles. The molecule has 27 heavy (non-hydrogen) atoms. The molecule has 2 N–H and O–H groups in total. The summed E-state index contributed by atoms with van der Waals surface area (Å²) in [4.78, 5) is 10.8. The van der Waals surface area contributed by atoms with E-state index in [1.165, 1.54) is 11.3 Å². The van der Waals surface area contributed by atoms with E-state index in [1.54, 1.807) is 6.07 Å². The molecule has 1 fully saturated rings. The number of carboxylic acid groups (broad SMARTS) is 1. The minimum atomic E-state index is -3.47. The summed E-state index contributed by atoms with van der Waals surface area (Å²) in [7, 11) is -3.47. The Bertz CT molecular complexity index is 894. The number of rotatable bonds is 8. The maximum absolute atomic E-state index is 12.6. The number of aliphatic carboxylic acids is 1. The van der Waals surface area contributed by atoms with E-state index < -0.39 is 16.0 Å². The molecule has 146 valence electrons. The smallest absolute Gasteiger partial charge is 0.307 e. The zero-order chi connectivity index (χ0) is 19.5. The Balaban J connectivity index is 1.69. The lowest BCUT2D eigenvalue weighted by Crippen LogP contribution is -2.37. The van der Waals surface area contributed by atoms with Gasteiger partial charge in [0.05, 0.1) is 6.42 Å². The van der Waals surface area contributed by atoms with E-state index >= 15 is 0 Å². The van der Waals surface area contributed by atoms with Gasteiger partial charge in [-0.25, -0.2) is 13.1 Å². The number of sulfonamides is 1. The number of carbonyl (C=O) groups is 1. The van der Waals surface area contributed by atoms with Gasteiger partial charge in [-0.05, 0) is 59.7 Å². The van der Waals surface area contributed by atoms with E-state index in [2.05, 4.69) is 4.72 Å². The number of thiophene rings is 1. The zero-order valence-electron chi connectivity index (χ0n) is 15.4. The van der Waals surface area contributed by atoms with Gasteiger partial charge in [-0.1, -0.05) is 37.1 Å². The number of nitrogens with one attached hydrogen (secondary N) is 1. The van der Waals surface area contributed by atoms with Crippen molar-refractivity contribution in [2.45, 2.75) is 49.7 Å². The minimum absolute atomic E-state index is 0.0193. The van der Waals surface area contributed by atoms with Gasteiger partial charge in [0.25, 0.3) is 0 Å². The number of benzene rings is 1. The van der Waals surface area contributed by atoms with E-state index in [0.29, 0.717) is 10.8 Å². The quantitative estimate of drug-likeness (QED) is 0.698. The molecule has 3 rings (SSSR count). The minimum Gasteiger partial charge on any atom is -0.481 e. The van der Waals surface area contributed by atoms with Gasteiger partial charge >= 0.3 is 5.97 Å². The summed E-state index contributed by atoms with van der Waals surface area (Å²) in [6.45, 7) is 2.32. The molecule has 1 aliphatic carbocycles. The third-order valence-electron chi connectivity index (χ3n) is 5.23. The molecule has 0 unspecified atom stereocenters. The van der Waals surface area contributed by atoms with E-state index in [1.807, 2.05) is 36.6 Å². The summed E-state index contributed by atoms with van der Waals surface area (Å²) in [5.74, 6) is -0.840. The Morgan fingerprint density at radius 3 is 2.37 bits per heavy atom. The van der Waals surface area contributed by atoms with Crippen molar-refractivity contribution in [1.82, 2.24) is 4.72 Å². The lowest BCUT2D eigenvalue weighted by Gasteiger charge is -2.29. The van der Waals surface area contributed by atoms with Crippen LogP contribution in [0.1, 0.15) is 42.4 Å². The van der Waals surface area contributed by atoms with Crippen molar-refractivity contribution >= 4 is 27.3 Å². The van der Waals surface area contributed by atoms with E-state index in [4.69, 9.17) is 5.11 Å². The van der Waals surface area contributed by atoms with Gasteiger partial charge in [0, 0.05) is 6.54 Å². The van der Waals surface area contributed by atoms with Crippen molar-refractivity contribution in [1.29, 1.82) is 0 Å². The van der Waals surface area contributed by atoms with E-state index in [9.17, 15) is 13.2 Å². The molecule has 5 nitrogen and oxygen atoms in total. The molecular formula is C20H25NO4S2. The van der Waals surface area contributed by atoms with Crippen LogP contribution in [-0.2, 0) is 27.7 Å². The maximum atomic E-state index is 12.6. The first-order valence-corrected chi connectivity index (χ1v) is 11.5. The van der Waals surface area contributed by atoms with Gasteiger partial charge in [0.15, 0.2) is 0 Å². The summed E-state index contributed by atoms with van der Waals surface area (Å²) in [6.07, 6.45) is 5.03. The third kappa shape index (κ3) is 5.18. The first kappa shape index (κ1) is 20.0. The van der Waals surface area contributed by atoms with Gasteiger partial charge in [-0.3, -0.25) is 4.79 Å². The second-order valence-corrected chi connectivity index (χ2v) is 10.4. The number of carboxylic acids is 1. The highest BCUT2D eigenvalue weighted by Crippen LogP contribution is 2.41. The molecule has 0 saturated heterocycles. The summed E-state index contributed by atoms with van der Waals surface area (Å²) < 4.78 is 28.4. The zero-order valence-corrected chi connectivity index (χ0v) is 17.0. The second kappa shape index (κ2) is 8.12. The van der Waals surface area contributed by atoms with Crippen molar-refractivity contribution in [3.63, 3.8) is 0 Å². The average molecular weight is 408 g/mol. The Kier molecular flexibility index (Phi) is 6.03. The first-order chi connectivity index (χ1) is 12.8. The second-order valence-electron chi connectivity index (χ2n) is 7.54. The monoisotopic (exact) mass is 407 g/mol. The highest BCUT2D eigenvalue weighted by Gasteiger charge is 2.35. The van der Waals surface area contributed by atoms with Gasteiger partial charge in [0.1, 0.15) is 4.21 Å². The van der Waals surface area contributed by atoms with Crippen LogP contribution in [0, 0.1) is 12.3 Å². The Morgan fingerprint density at radius 2 is 1.81 bits per heavy atom. The molecule has 1 aliphatic rings. The average Bonchev–Trinajstić information content (AvgIpc) is 3.25. The van der Waals surface area contributed by atoms with Gasteiger partial charge in [0.2, 0.25) is 10.0 Å². The standard InChI is InChI=1S/C20H25NO4S2/c1-15-10-19(26-13-15)27(24,25)21-14-20(8-2-3-9-20)12-17-6-4-16(5-7-17)11-18(22)23/h4-7,10,13,21H,2-3,8-9,11-12,14H2,1H3,(H,22,23). The van der Waals surface area contributed by atoms with Crippen molar-refractivity contribution < 1.29 is 18.3 Å². The summed E-state index contributed by atoms with van der Waals surface area (Å²) in [6, 6.07) is 9.34. The Labute approximate surface area is 164 Å². The highest BCUT2D eigenvalue weighted by atomic mass is 32.2. The summed E-state index contributed by atoms with van der Waals surface area (Å²) >= 11 is 1.25. The van der Waals surface area contributed by atoms with Crippen LogP contribution in [0.2, 0.25) is 0 Å². The number of hydrogen-bond acceptors (Lipinski definition) is 4. The molecule has 1 heterocycles. The molecule has 2 aromatic rings. The van der Waals surface area contributed by atoms with Crippen LogP contribution in [0.4, 0.5) is 0 Å². The SMILES string of the molecule is Cc1csc(S(=O)(=O)NCC2(Cc3ccc(CC(=O)O)cc3)CCCC2)c1.